The number of amides is 2. The van der Waals surface area contributed by atoms with Crippen molar-refractivity contribution in [2.45, 2.75) is 23.2 Å². The Morgan fingerprint density at radius 1 is 1.22 bits per heavy atom. The third-order valence-electron chi connectivity index (χ3n) is 4.86. The van der Waals surface area contributed by atoms with Crippen LogP contribution in [0, 0.1) is 0 Å². The van der Waals surface area contributed by atoms with Crippen LogP contribution in [0.3, 0.4) is 0 Å². The number of primary amides is 1. The lowest BCUT2D eigenvalue weighted by Gasteiger charge is -2.24. The minimum atomic E-state index is -0.575. The molecule has 4 N–H and O–H groups in total. The van der Waals surface area contributed by atoms with Gasteiger partial charge in [0.25, 0.3) is 11.5 Å². The molecule has 2 amide bonds. The standard InChI is InChI=1S/C22H19ClN4O4S/c23-14-3-1-2-12(8-14)11-32-22-26-20-19(21(30)27-22)16(9-18(29)25-20)13-4-6-15(7-5-13)31-10-17(24)28/h1-8,16H,9-11H2,(H2,24,28)(H2,25,26,27,29,30)/t16-/m1/s1. The van der Waals surface area contributed by atoms with Crippen molar-refractivity contribution in [2.24, 2.45) is 5.73 Å². The molecule has 0 aliphatic carbocycles. The Labute approximate surface area is 192 Å². The van der Waals surface area contributed by atoms with Crippen LogP contribution in [0.5, 0.6) is 5.75 Å². The monoisotopic (exact) mass is 470 g/mol. The lowest BCUT2D eigenvalue weighted by Crippen LogP contribution is -2.31. The van der Waals surface area contributed by atoms with Crippen LogP contribution in [0.25, 0.3) is 0 Å². The molecule has 1 atom stereocenters. The predicted octanol–water partition coefficient (Wildman–Crippen LogP) is 3.05. The SMILES string of the molecule is NC(=O)COc1ccc([C@H]2CC(=O)Nc3nc(SCc4cccc(Cl)c4)[nH]c(=O)c32)cc1. The first kappa shape index (κ1) is 21.9. The van der Waals surface area contributed by atoms with Crippen molar-refractivity contribution in [1.29, 1.82) is 0 Å². The smallest absolute Gasteiger partial charge is 0.257 e. The van der Waals surface area contributed by atoms with E-state index >= 15 is 0 Å². The Morgan fingerprint density at radius 3 is 2.72 bits per heavy atom. The molecule has 4 rings (SSSR count). The lowest BCUT2D eigenvalue weighted by molar-refractivity contribution is -0.120. The van der Waals surface area contributed by atoms with Gasteiger partial charge in [-0.05, 0) is 35.4 Å². The van der Waals surface area contributed by atoms with Gasteiger partial charge in [0.15, 0.2) is 11.8 Å². The zero-order valence-electron chi connectivity index (χ0n) is 16.8. The van der Waals surface area contributed by atoms with Gasteiger partial charge in [0, 0.05) is 23.1 Å². The molecule has 0 saturated heterocycles. The first-order chi connectivity index (χ1) is 15.4. The summed E-state index contributed by atoms with van der Waals surface area (Å²) in [4.78, 5) is 43.4. The maximum atomic E-state index is 12.9. The van der Waals surface area contributed by atoms with Gasteiger partial charge in [-0.25, -0.2) is 4.98 Å². The van der Waals surface area contributed by atoms with Gasteiger partial charge in [-0.3, -0.25) is 14.4 Å². The zero-order valence-corrected chi connectivity index (χ0v) is 18.3. The number of nitrogens with one attached hydrogen (secondary N) is 2. The number of nitrogens with two attached hydrogens (primary N) is 1. The number of fused-ring (bicyclic) bond motifs is 1. The quantitative estimate of drug-likeness (QED) is 0.359. The van der Waals surface area contributed by atoms with Gasteiger partial charge < -0.3 is 20.8 Å². The number of rotatable bonds is 7. The van der Waals surface area contributed by atoms with Crippen LogP contribution in [0.4, 0.5) is 5.82 Å². The Balaban J connectivity index is 1.57. The van der Waals surface area contributed by atoms with Crippen molar-refractivity contribution in [3.05, 3.63) is 80.6 Å². The van der Waals surface area contributed by atoms with Crippen molar-refractivity contribution >= 4 is 41.0 Å². The van der Waals surface area contributed by atoms with E-state index in [1.807, 2.05) is 18.2 Å². The molecule has 0 radical (unpaired) electrons. The number of H-pyrrole nitrogens is 1. The van der Waals surface area contributed by atoms with E-state index < -0.39 is 11.8 Å². The molecule has 10 heteroatoms. The van der Waals surface area contributed by atoms with Crippen molar-refractivity contribution in [3.63, 3.8) is 0 Å². The van der Waals surface area contributed by atoms with Crippen molar-refractivity contribution in [2.75, 3.05) is 11.9 Å². The molecule has 0 bridgehead atoms. The summed E-state index contributed by atoms with van der Waals surface area (Å²) in [6, 6.07) is 14.3. The van der Waals surface area contributed by atoms with Crippen molar-refractivity contribution < 1.29 is 14.3 Å². The van der Waals surface area contributed by atoms with Crippen molar-refractivity contribution in [1.82, 2.24) is 9.97 Å². The van der Waals surface area contributed by atoms with Gasteiger partial charge in [0.1, 0.15) is 11.6 Å². The van der Waals surface area contributed by atoms with E-state index in [2.05, 4.69) is 15.3 Å². The molecule has 2 heterocycles. The second-order valence-electron chi connectivity index (χ2n) is 7.18. The van der Waals surface area contributed by atoms with Crippen LogP contribution in [-0.4, -0.2) is 28.4 Å². The number of ether oxygens (including phenoxy) is 1. The molecule has 0 spiro atoms. The molecule has 0 saturated carbocycles. The summed E-state index contributed by atoms with van der Waals surface area (Å²) < 4.78 is 5.27. The summed E-state index contributed by atoms with van der Waals surface area (Å²) >= 11 is 7.37. The number of carbonyl (C=O) groups is 2. The third-order valence-corrected chi connectivity index (χ3v) is 6.04. The summed E-state index contributed by atoms with van der Waals surface area (Å²) in [5.74, 6) is 0.0404. The molecule has 2 aromatic carbocycles. The summed E-state index contributed by atoms with van der Waals surface area (Å²) in [6.45, 7) is -0.229. The molecule has 0 unspecified atom stereocenters. The minimum absolute atomic E-state index is 0.119. The fraction of sp³-hybridized carbons (Fsp3) is 0.182. The Morgan fingerprint density at radius 2 is 2.00 bits per heavy atom. The van der Waals surface area contributed by atoms with E-state index in [1.165, 1.54) is 11.8 Å². The van der Waals surface area contributed by atoms with Crippen molar-refractivity contribution in [3.8, 4) is 5.75 Å². The fourth-order valence-corrected chi connectivity index (χ4v) is 4.45. The highest BCUT2D eigenvalue weighted by molar-refractivity contribution is 7.98. The van der Waals surface area contributed by atoms with Gasteiger partial charge in [-0.15, -0.1) is 0 Å². The molecule has 1 aliphatic heterocycles. The molecular formula is C22H19ClN4O4S. The molecule has 1 aromatic heterocycles. The second-order valence-corrected chi connectivity index (χ2v) is 8.58. The van der Waals surface area contributed by atoms with Gasteiger partial charge >= 0.3 is 0 Å². The fourth-order valence-electron chi connectivity index (χ4n) is 3.43. The number of hydrogen-bond donors (Lipinski definition) is 3. The van der Waals surface area contributed by atoms with E-state index in [1.54, 1.807) is 30.3 Å². The molecule has 0 fully saturated rings. The molecule has 1 aliphatic rings. The topological polar surface area (TPSA) is 127 Å². The number of aromatic amines is 1. The number of halogens is 1. The first-order valence-electron chi connectivity index (χ1n) is 9.71. The van der Waals surface area contributed by atoms with Gasteiger partial charge in [-0.1, -0.05) is 47.6 Å². The highest BCUT2D eigenvalue weighted by atomic mass is 35.5. The maximum Gasteiger partial charge on any atom is 0.257 e. The van der Waals surface area contributed by atoms with Crippen LogP contribution >= 0.6 is 23.4 Å². The largest absolute Gasteiger partial charge is 0.484 e. The van der Waals surface area contributed by atoms with Crippen LogP contribution < -0.4 is 21.3 Å². The number of nitrogens with zero attached hydrogens (tertiary/aromatic N) is 1. The number of hydrogen-bond acceptors (Lipinski definition) is 6. The summed E-state index contributed by atoms with van der Waals surface area (Å²) in [7, 11) is 0. The summed E-state index contributed by atoms with van der Waals surface area (Å²) in [5, 5.41) is 3.75. The zero-order chi connectivity index (χ0) is 22.7. The number of benzene rings is 2. The molecule has 32 heavy (non-hydrogen) atoms. The predicted molar refractivity (Wildman–Crippen MR) is 122 cm³/mol. The number of carbonyl (C=O) groups excluding carboxylic acids is 2. The third kappa shape index (κ3) is 5.12. The number of aromatic nitrogens is 2. The normalized spacial score (nSPS) is 15.0. The van der Waals surface area contributed by atoms with E-state index in [4.69, 9.17) is 22.1 Å². The maximum absolute atomic E-state index is 12.9. The highest BCUT2D eigenvalue weighted by Crippen LogP contribution is 2.35. The van der Waals surface area contributed by atoms with E-state index in [0.717, 1.165) is 11.1 Å². The summed E-state index contributed by atoms with van der Waals surface area (Å²) in [5.41, 5.74) is 6.94. The highest BCUT2D eigenvalue weighted by Gasteiger charge is 2.31. The molecule has 164 valence electrons. The Bertz CT molecular complexity index is 1230. The average Bonchev–Trinajstić information content (AvgIpc) is 2.76. The minimum Gasteiger partial charge on any atom is -0.484 e. The number of anilines is 1. The van der Waals surface area contributed by atoms with Crippen LogP contribution in [0.15, 0.2) is 58.5 Å². The Hall–Kier alpha value is -3.30. The van der Waals surface area contributed by atoms with Gasteiger partial charge in [0.05, 0.1) is 5.56 Å². The summed E-state index contributed by atoms with van der Waals surface area (Å²) in [6.07, 6.45) is 0.119. The Kier molecular flexibility index (Phi) is 6.48. The molecular weight excluding hydrogens is 452 g/mol. The van der Waals surface area contributed by atoms with E-state index in [9.17, 15) is 14.4 Å². The second kappa shape index (κ2) is 9.46. The first-order valence-corrected chi connectivity index (χ1v) is 11.1. The van der Waals surface area contributed by atoms with Crippen LogP contribution in [-0.2, 0) is 15.3 Å². The molecule has 3 aromatic rings. The lowest BCUT2D eigenvalue weighted by atomic mass is 9.87. The average molecular weight is 471 g/mol. The van der Waals surface area contributed by atoms with Crippen LogP contribution in [0.2, 0.25) is 5.02 Å². The van der Waals surface area contributed by atoms with E-state index in [0.29, 0.717) is 27.2 Å². The number of thioether (sulfide) groups is 1. The molecule has 8 nitrogen and oxygen atoms in total. The van der Waals surface area contributed by atoms with E-state index in [-0.39, 0.29) is 30.3 Å². The van der Waals surface area contributed by atoms with Gasteiger partial charge in [0.2, 0.25) is 5.91 Å². The van der Waals surface area contributed by atoms with Crippen LogP contribution in [0.1, 0.15) is 29.0 Å². The van der Waals surface area contributed by atoms with Gasteiger partial charge in [-0.2, -0.15) is 0 Å².